The molecule has 1 N–H and O–H groups in total. The molecule has 0 saturated heterocycles. The first-order valence-electron chi connectivity index (χ1n) is 10.4. The predicted molar refractivity (Wildman–Crippen MR) is 104 cm³/mol. The maximum absolute atomic E-state index is 12.7. The van der Waals surface area contributed by atoms with E-state index in [4.69, 9.17) is 4.74 Å². The highest BCUT2D eigenvalue weighted by Crippen LogP contribution is 2.40. The first-order valence-corrected chi connectivity index (χ1v) is 10.4. The Bertz CT molecular complexity index is 703. The zero-order chi connectivity index (χ0) is 18.9. The van der Waals surface area contributed by atoms with E-state index in [1.54, 1.807) is 4.90 Å². The summed E-state index contributed by atoms with van der Waals surface area (Å²) in [4.78, 5) is 27.1. The molecule has 146 valence electrons. The molecule has 0 radical (unpaired) electrons. The number of carbonyl (C=O) groups excluding carboxylic acids is 2. The molecule has 1 heterocycles. The number of carbonyl (C=O) groups is 2. The fourth-order valence-corrected chi connectivity index (χ4v) is 4.94. The number of rotatable bonds is 2. The van der Waals surface area contributed by atoms with Crippen LogP contribution in [0.1, 0.15) is 68.1 Å². The van der Waals surface area contributed by atoms with Crippen LogP contribution in [-0.4, -0.2) is 41.9 Å². The molecule has 1 spiro atoms. The van der Waals surface area contributed by atoms with E-state index in [1.807, 2.05) is 31.3 Å². The number of nitrogens with zero attached hydrogens (tertiary/aromatic N) is 1. The molecule has 0 bridgehead atoms. The van der Waals surface area contributed by atoms with Gasteiger partial charge >= 0.3 is 0 Å². The van der Waals surface area contributed by atoms with E-state index >= 15 is 0 Å². The molecule has 0 unspecified atom stereocenters. The molecule has 1 aliphatic heterocycles. The summed E-state index contributed by atoms with van der Waals surface area (Å²) < 4.78 is 6.41. The van der Waals surface area contributed by atoms with Crippen molar-refractivity contribution in [3.05, 3.63) is 29.8 Å². The van der Waals surface area contributed by atoms with Gasteiger partial charge in [0.1, 0.15) is 11.4 Å². The lowest BCUT2D eigenvalue weighted by Crippen LogP contribution is -2.50. The molecule has 2 saturated carbocycles. The molecule has 1 aromatic carbocycles. The Morgan fingerprint density at radius 2 is 1.81 bits per heavy atom. The Morgan fingerprint density at radius 3 is 2.56 bits per heavy atom. The van der Waals surface area contributed by atoms with Gasteiger partial charge in [-0.15, -0.1) is 0 Å². The van der Waals surface area contributed by atoms with E-state index in [1.165, 1.54) is 19.3 Å². The van der Waals surface area contributed by atoms with Crippen molar-refractivity contribution in [3.63, 3.8) is 0 Å². The number of nitrogens with one attached hydrogen (secondary N) is 1. The highest BCUT2D eigenvalue weighted by Gasteiger charge is 2.43. The fourth-order valence-electron chi connectivity index (χ4n) is 4.94. The minimum Gasteiger partial charge on any atom is -0.485 e. The van der Waals surface area contributed by atoms with Gasteiger partial charge in [-0.3, -0.25) is 9.59 Å². The van der Waals surface area contributed by atoms with Crippen LogP contribution in [0.25, 0.3) is 0 Å². The summed E-state index contributed by atoms with van der Waals surface area (Å²) >= 11 is 0. The van der Waals surface area contributed by atoms with Crippen molar-refractivity contribution in [2.75, 3.05) is 13.6 Å². The minimum absolute atomic E-state index is 0.0136. The normalized spacial score (nSPS) is 29.0. The summed E-state index contributed by atoms with van der Waals surface area (Å²) in [7, 11) is 1.84. The third kappa shape index (κ3) is 3.83. The van der Waals surface area contributed by atoms with Crippen LogP contribution < -0.4 is 10.1 Å². The van der Waals surface area contributed by atoms with Gasteiger partial charge in [-0.1, -0.05) is 31.4 Å². The van der Waals surface area contributed by atoms with Crippen molar-refractivity contribution < 1.29 is 14.3 Å². The van der Waals surface area contributed by atoms with E-state index < -0.39 is 0 Å². The van der Waals surface area contributed by atoms with Gasteiger partial charge in [0.25, 0.3) is 5.91 Å². The summed E-state index contributed by atoms with van der Waals surface area (Å²) in [6, 6.07) is 7.87. The average molecular weight is 370 g/mol. The third-order valence-corrected chi connectivity index (χ3v) is 6.54. The van der Waals surface area contributed by atoms with Crippen molar-refractivity contribution in [3.8, 4) is 5.75 Å². The Labute approximate surface area is 161 Å². The van der Waals surface area contributed by atoms with E-state index in [0.717, 1.165) is 38.5 Å². The molecule has 5 heteroatoms. The number of benzene rings is 1. The second kappa shape index (κ2) is 7.53. The Kier molecular flexibility index (Phi) is 5.11. The standard InChI is InChI=1S/C22H30N2O3/c1-24-15-22(27-19-10-6-5-9-18(19)21(24)26)13-11-16(12-14-22)20(25)23-17-7-3-2-4-8-17/h5-6,9-10,16-17H,2-4,7-8,11-15H2,1H3,(H,23,25). The van der Waals surface area contributed by atoms with Crippen molar-refractivity contribution in [1.29, 1.82) is 0 Å². The molecule has 5 nitrogen and oxygen atoms in total. The van der Waals surface area contributed by atoms with Crippen LogP contribution >= 0.6 is 0 Å². The van der Waals surface area contributed by atoms with E-state index in [-0.39, 0.29) is 23.3 Å². The summed E-state index contributed by atoms with van der Waals surface area (Å²) in [6.45, 7) is 0.581. The minimum atomic E-state index is -0.376. The molecule has 2 amide bonds. The second-order valence-corrected chi connectivity index (χ2v) is 8.56. The lowest BCUT2D eigenvalue weighted by atomic mass is 9.77. The molecule has 0 atom stereocenters. The number of amides is 2. The van der Waals surface area contributed by atoms with Crippen molar-refractivity contribution in [2.24, 2.45) is 5.92 Å². The summed E-state index contributed by atoms with van der Waals surface area (Å²) in [5.41, 5.74) is 0.257. The van der Waals surface area contributed by atoms with Gasteiger partial charge in [-0.25, -0.2) is 0 Å². The van der Waals surface area contributed by atoms with E-state index in [0.29, 0.717) is 23.9 Å². The topological polar surface area (TPSA) is 58.6 Å². The number of para-hydroxylation sites is 1. The number of hydrogen-bond donors (Lipinski definition) is 1. The molecule has 27 heavy (non-hydrogen) atoms. The molecular weight excluding hydrogens is 340 g/mol. The quantitative estimate of drug-likeness (QED) is 0.866. The van der Waals surface area contributed by atoms with Crippen LogP contribution in [-0.2, 0) is 4.79 Å². The molecule has 1 aromatic rings. The first-order chi connectivity index (χ1) is 13.1. The average Bonchev–Trinajstić information content (AvgIpc) is 2.78. The van der Waals surface area contributed by atoms with Crippen LogP contribution in [0.3, 0.4) is 0 Å². The number of likely N-dealkylation sites (N-methyl/N-ethyl adjacent to an activating group) is 1. The summed E-state index contributed by atoms with van der Waals surface area (Å²) in [5, 5.41) is 3.28. The highest BCUT2D eigenvalue weighted by atomic mass is 16.5. The van der Waals surface area contributed by atoms with Crippen LogP contribution in [0, 0.1) is 5.92 Å². The molecule has 4 rings (SSSR count). The molecular formula is C22H30N2O3. The van der Waals surface area contributed by atoms with Crippen LogP contribution in [0.5, 0.6) is 5.75 Å². The summed E-state index contributed by atoms with van der Waals surface area (Å²) in [5.74, 6) is 0.979. The van der Waals surface area contributed by atoms with Crippen LogP contribution in [0.4, 0.5) is 0 Å². The van der Waals surface area contributed by atoms with Gasteiger partial charge in [0.05, 0.1) is 12.1 Å². The van der Waals surface area contributed by atoms with Gasteiger partial charge in [-0.2, -0.15) is 0 Å². The lowest BCUT2D eigenvalue weighted by Gasteiger charge is -2.40. The maximum atomic E-state index is 12.7. The number of fused-ring (bicyclic) bond motifs is 1. The molecule has 2 aliphatic carbocycles. The van der Waals surface area contributed by atoms with Gasteiger partial charge in [0.15, 0.2) is 0 Å². The zero-order valence-corrected chi connectivity index (χ0v) is 16.2. The highest BCUT2D eigenvalue weighted by molar-refractivity contribution is 5.97. The van der Waals surface area contributed by atoms with Crippen LogP contribution in [0.15, 0.2) is 24.3 Å². The number of hydrogen-bond acceptors (Lipinski definition) is 3. The first kappa shape index (κ1) is 18.3. The smallest absolute Gasteiger partial charge is 0.257 e. The molecule has 0 aromatic heterocycles. The van der Waals surface area contributed by atoms with Crippen molar-refractivity contribution in [1.82, 2.24) is 10.2 Å². The van der Waals surface area contributed by atoms with E-state index in [9.17, 15) is 9.59 Å². The Hall–Kier alpha value is -2.04. The lowest BCUT2D eigenvalue weighted by molar-refractivity contribution is -0.128. The maximum Gasteiger partial charge on any atom is 0.257 e. The summed E-state index contributed by atoms with van der Waals surface area (Å²) in [6.07, 6.45) is 9.25. The Balaban J connectivity index is 1.41. The van der Waals surface area contributed by atoms with Gasteiger partial charge in [0, 0.05) is 19.0 Å². The SMILES string of the molecule is CN1CC2(CCC(C(=O)NC3CCCCC3)CC2)Oc2ccccc2C1=O. The predicted octanol–water partition coefficient (Wildman–Crippen LogP) is 3.53. The number of ether oxygens (including phenoxy) is 1. The molecule has 2 fully saturated rings. The zero-order valence-electron chi connectivity index (χ0n) is 16.2. The van der Waals surface area contributed by atoms with E-state index in [2.05, 4.69) is 5.32 Å². The van der Waals surface area contributed by atoms with Crippen LogP contribution in [0.2, 0.25) is 0 Å². The van der Waals surface area contributed by atoms with Gasteiger partial charge in [0.2, 0.25) is 5.91 Å². The monoisotopic (exact) mass is 370 g/mol. The Morgan fingerprint density at radius 1 is 1.11 bits per heavy atom. The van der Waals surface area contributed by atoms with Gasteiger partial charge < -0.3 is 15.0 Å². The fraction of sp³-hybridized carbons (Fsp3) is 0.636. The van der Waals surface area contributed by atoms with Crippen molar-refractivity contribution >= 4 is 11.8 Å². The third-order valence-electron chi connectivity index (χ3n) is 6.54. The van der Waals surface area contributed by atoms with Gasteiger partial charge in [-0.05, 0) is 50.7 Å². The molecule has 3 aliphatic rings. The second-order valence-electron chi connectivity index (χ2n) is 8.56. The largest absolute Gasteiger partial charge is 0.485 e. The van der Waals surface area contributed by atoms with Crippen molar-refractivity contribution in [2.45, 2.75) is 69.4 Å².